The van der Waals surface area contributed by atoms with Crippen LogP contribution in [-0.4, -0.2) is 92.3 Å². The summed E-state index contributed by atoms with van der Waals surface area (Å²) >= 11 is 0. The van der Waals surface area contributed by atoms with E-state index in [1.165, 1.54) is 13.5 Å². The molecule has 7 nitrogen and oxygen atoms in total. The number of furan rings is 1. The molecule has 2 fully saturated rings. The summed E-state index contributed by atoms with van der Waals surface area (Å²) in [5.74, 6) is 1.03. The van der Waals surface area contributed by atoms with Crippen LogP contribution < -0.4 is 4.74 Å². The van der Waals surface area contributed by atoms with E-state index in [1.807, 2.05) is 4.90 Å². The average Bonchev–Trinajstić information content (AvgIpc) is 3.05. The molecule has 0 spiro atoms. The predicted molar refractivity (Wildman–Crippen MR) is 98.4 cm³/mol. The highest BCUT2D eigenvalue weighted by atomic mass is 16.6. The number of likely N-dealkylation sites (tertiary alicyclic amines) is 1. The molecule has 2 saturated heterocycles. The number of methoxy groups -OCH3 is 1. The second kappa shape index (κ2) is 8.88. The zero-order valence-corrected chi connectivity index (χ0v) is 15.9. The van der Waals surface area contributed by atoms with Gasteiger partial charge in [-0.15, -0.1) is 0 Å². The highest BCUT2D eigenvalue weighted by Crippen LogP contribution is 2.26. The molecule has 0 bridgehead atoms. The fraction of sp³-hybridized carbons (Fsp3) is 0.737. The summed E-state index contributed by atoms with van der Waals surface area (Å²) in [5.41, 5.74) is 0. The molecule has 2 atom stereocenters. The number of carbonyl (C=O) groups excluding carboxylic acids is 1. The van der Waals surface area contributed by atoms with Crippen molar-refractivity contribution in [3.63, 3.8) is 0 Å². The van der Waals surface area contributed by atoms with Gasteiger partial charge in [0.2, 0.25) is 0 Å². The molecule has 0 aliphatic carbocycles. The number of aliphatic hydroxyl groups is 1. The molecule has 0 radical (unpaired) electrons. The molecule has 0 saturated carbocycles. The maximum absolute atomic E-state index is 12.8. The summed E-state index contributed by atoms with van der Waals surface area (Å²) in [7, 11) is 3.69. The van der Waals surface area contributed by atoms with Crippen LogP contribution >= 0.6 is 0 Å². The third-order valence-corrected chi connectivity index (χ3v) is 5.49. The first-order chi connectivity index (χ1) is 12.6. The van der Waals surface area contributed by atoms with Gasteiger partial charge in [0.25, 0.3) is 11.9 Å². The summed E-state index contributed by atoms with van der Waals surface area (Å²) < 4.78 is 10.5. The van der Waals surface area contributed by atoms with E-state index in [0.717, 1.165) is 39.1 Å². The van der Waals surface area contributed by atoms with Crippen molar-refractivity contribution in [1.82, 2.24) is 14.7 Å². The number of hydrogen-bond donors (Lipinski definition) is 1. The molecule has 1 aromatic heterocycles. The first-order valence-corrected chi connectivity index (χ1v) is 9.54. The Labute approximate surface area is 155 Å². The van der Waals surface area contributed by atoms with Gasteiger partial charge in [0.1, 0.15) is 0 Å². The topological polar surface area (TPSA) is 69.4 Å². The Morgan fingerprint density at radius 3 is 2.77 bits per heavy atom. The first kappa shape index (κ1) is 19.2. The van der Waals surface area contributed by atoms with E-state index in [1.54, 1.807) is 12.1 Å². The Morgan fingerprint density at radius 1 is 1.23 bits per heavy atom. The van der Waals surface area contributed by atoms with Gasteiger partial charge in [-0.1, -0.05) is 0 Å². The van der Waals surface area contributed by atoms with Crippen LogP contribution in [0.5, 0.6) is 5.95 Å². The highest BCUT2D eigenvalue weighted by Gasteiger charge is 2.32. The van der Waals surface area contributed by atoms with E-state index in [2.05, 4.69) is 16.8 Å². The number of rotatable bonds is 5. The van der Waals surface area contributed by atoms with E-state index < -0.39 is 0 Å². The van der Waals surface area contributed by atoms with Gasteiger partial charge in [0.15, 0.2) is 5.76 Å². The number of ether oxygens (including phenoxy) is 1. The molecule has 1 N–H and O–H groups in total. The van der Waals surface area contributed by atoms with Gasteiger partial charge in [0, 0.05) is 45.4 Å². The second-order valence-electron chi connectivity index (χ2n) is 7.64. The molecule has 1 amide bonds. The molecule has 146 valence electrons. The van der Waals surface area contributed by atoms with Crippen LogP contribution in [0.4, 0.5) is 0 Å². The van der Waals surface area contributed by atoms with Crippen molar-refractivity contribution < 1.29 is 19.1 Å². The van der Waals surface area contributed by atoms with Gasteiger partial charge in [-0.2, -0.15) is 0 Å². The predicted octanol–water partition coefficient (Wildman–Crippen LogP) is 0.996. The smallest absolute Gasteiger partial charge is 0.289 e. The van der Waals surface area contributed by atoms with Crippen molar-refractivity contribution in [1.29, 1.82) is 0 Å². The first-order valence-electron chi connectivity index (χ1n) is 9.54. The molecule has 1 aromatic rings. The van der Waals surface area contributed by atoms with E-state index in [0.29, 0.717) is 30.7 Å². The second-order valence-corrected chi connectivity index (χ2v) is 7.64. The van der Waals surface area contributed by atoms with Crippen LogP contribution in [-0.2, 0) is 0 Å². The number of carbonyl (C=O) groups is 1. The molecule has 3 rings (SSSR count). The number of aliphatic hydroxyl groups excluding tert-OH is 1. The van der Waals surface area contributed by atoms with E-state index >= 15 is 0 Å². The fourth-order valence-corrected chi connectivity index (χ4v) is 4.10. The minimum absolute atomic E-state index is 0.116. The lowest BCUT2D eigenvalue weighted by Gasteiger charge is -2.38. The van der Waals surface area contributed by atoms with Crippen molar-refractivity contribution in [3.8, 4) is 5.95 Å². The summed E-state index contributed by atoms with van der Waals surface area (Å²) in [5, 5.41) is 9.71. The van der Waals surface area contributed by atoms with Gasteiger partial charge >= 0.3 is 0 Å². The van der Waals surface area contributed by atoms with Gasteiger partial charge < -0.3 is 29.0 Å². The molecular weight excluding hydrogens is 334 g/mol. The molecule has 0 aromatic carbocycles. The van der Waals surface area contributed by atoms with Gasteiger partial charge in [0.05, 0.1) is 7.11 Å². The van der Waals surface area contributed by atoms with Gasteiger partial charge in [-0.3, -0.25) is 4.79 Å². The van der Waals surface area contributed by atoms with E-state index in [-0.39, 0.29) is 18.4 Å². The highest BCUT2D eigenvalue weighted by molar-refractivity contribution is 5.91. The lowest BCUT2D eigenvalue weighted by molar-refractivity contribution is 0.0424. The summed E-state index contributed by atoms with van der Waals surface area (Å²) in [6.45, 7) is 6.80. The third kappa shape index (κ3) is 4.78. The molecule has 2 aliphatic heterocycles. The van der Waals surface area contributed by atoms with Crippen LogP contribution in [0.3, 0.4) is 0 Å². The van der Waals surface area contributed by atoms with E-state index in [4.69, 9.17) is 9.15 Å². The normalized spacial score (nSPS) is 25.9. The average molecular weight is 365 g/mol. The van der Waals surface area contributed by atoms with Crippen LogP contribution in [0.15, 0.2) is 16.5 Å². The monoisotopic (exact) mass is 365 g/mol. The molecular formula is C19H31N3O4. The van der Waals surface area contributed by atoms with Crippen molar-refractivity contribution in [2.24, 2.45) is 11.8 Å². The van der Waals surface area contributed by atoms with Crippen LogP contribution in [0, 0.1) is 11.8 Å². The maximum Gasteiger partial charge on any atom is 0.289 e. The minimum Gasteiger partial charge on any atom is -0.468 e. The zero-order valence-electron chi connectivity index (χ0n) is 15.9. The van der Waals surface area contributed by atoms with E-state index in [9.17, 15) is 9.90 Å². The number of piperidine rings is 1. The minimum atomic E-state index is -0.118. The number of nitrogens with zero attached hydrogens (tertiary/aromatic N) is 3. The number of hydrogen-bond acceptors (Lipinski definition) is 6. The molecule has 7 heteroatoms. The SMILES string of the molecule is COc1ccc(C(=O)N2C[C@H](CO)C[C@@H](CN3CCCN(C)CC3)C2)o1. The van der Waals surface area contributed by atoms with Crippen LogP contribution in [0.25, 0.3) is 0 Å². The summed E-state index contributed by atoms with van der Waals surface area (Å²) in [6, 6.07) is 3.31. The van der Waals surface area contributed by atoms with Crippen molar-refractivity contribution in [2.45, 2.75) is 12.8 Å². The Hall–Kier alpha value is -1.57. The van der Waals surface area contributed by atoms with Gasteiger partial charge in [-0.05, 0) is 50.9 Å². The fourth-order valence-electron chi connectivity index (χ4n) is 4.10. The molecule has 0 unspecified atom stereocenters. The van der Waals surface area contributed by atoms with Crippen molar-refractivity contribution >= 4 is 5.91 Å². The van der Waals surface area contributed by atoms with Crippen LogP contribution in [0.1, 0.15) is 23.4 Å². The lowest BCUT2D eigenvalue weighted by atomic mass is 9.89. The van der Waals surface area contributed by atoms with Crippen LogP contribution in [0.2, 0.25) is 0 Å². The van der Waals surface area contributed by atoms with Crippen molar-refractivity contribution in [2.75, 3.05) is 66.6 Å². The molecule has 3 heterocycles. The lowest BCUT2D eigenvalue weighted by Crippen LogP contribution is -2.48. The Kier molecular flexibility index (Phi) is 6.56. The Morgan fingerprint density at radius 2 is 2.04 bits per heavy atom. The standard InChI is InChI=1S/C19H31N3O4/c1-20-6-3-7-21(9-8-20)11-15-10-16(14-23)13-22(12-15)19(24)17-4-5-18(25-2)26-17/h4-5,15-16,23H,3,6-14H2,1-2H3/t15-,16+/m0/s1. The zero-order chi connectivity index (χ0) is 18.5. The van der Waals surface area contributed by atoms with Crippen molar-refractivity contribution in [3.05, 3.63) is 17.9 Å². The quantitative estimate of drug-likeness (QED) is 0.839. The molecule has 26 heavy (non-hydrogen) atoms. The largest absolute Gasteiger partial charge is 0.468 e. The number of amides is 1. The Bertz CT molecular complexity index is 591. The number of likely N-dealkylation sites (N-methyl/N-ethyl adjacent to an activating group) is 1. The summed E-state index contributed by atoms with van der Waals surface area (Å²) in [4.78, 5) is 19.5. The third-order valence-electron chi connectivity index (χ3n) is 5.49. The maximum atomic E-state index is 12.8. The van der Waals surface area contributed by atoms with Gasteiger partial charge in [-0.25, -0.2) is 0 Å². The summed E-state index contributed by atoms with van der Waals surface area (Å²) in [6.07, 6.45) is 2.15. The molecule has 2 aliphatic rings. The Balaban J connectivity index is 1.63.